The van der Waals surface area contributed by atoms with Crippen LogP contribution < -0.4 is 5.32 Å². The van der Waals surface area contributed by atoms with Gasteiger partial charge < -0.3 is 10.1 Å². The van der Waals surface area contributed by atoms with Crippen LogP contribution in [0.3, 0.4) is 0 Å². The van der Waals surface area contributed by atoms with Crippen molar-refractivity contribution in [2.24, 2.45) is 5.92 Å². The fourth-order valence-corrected chi connectivity index (χ4v) is 2.62. The normalized spacial score (nSPS) is 14.6. The summed E-state index contributed by atoms with van der Waals surface area (Å²) in [4.78, 5) is 0. The van der Waals surface area contributed by atoms with E-state index in [2.05, 4.69) is 12.2 Å². The summed E-state index contributed by atoms with van der Waals surface area (Å²) >= 11 is 12.5. The first-order valence-electron chi connectivity index (χ1n) is 5.72. The Balaban J connectivity index is 2.93. The summed E-state index contributed by atoms with van der Waals surface area (Å²) < 4.78 is 5.11. The van der Waals surface area contributed by atoms with Gasteiger partial charge in [-0.1, -0.05) is 36.2 Å². The number of nitrogens with one attached hydrogen (secondary N) is 1. The van der Waals surface area contributed by atoms with Crippen molar-refractivity contribution < 1.29 is 4.74 Å². The molecule has 0 bridgehead atoms. The molecule has 1 aromatic carbocycles. The molecule has 4 heteroatoms. The van der Waals surface area contributed by atoms with Crippen LogP contribution in [0.5, 0.6) is 0 Å². The molecule has 0 saturated carbocycles. The van der Waals surface area contributed by atoms with Crippen molar-refractivity contribution in [3.63, 3.8) is 0 Å². The smallest absolute Gasteiger partial charge is 0.0468 e. The first-order chi connectivity index (χ1) is 8.11. The van der Waals surface area contributed by atoms with Crippen molar-refractivity contribution in [2.75, 3.05) is 20.8 Å². The average Bonchev–Trinajstić information content (AvgIpc) is 2.31. The van der Waals surface area contributed by atoms with Gasteiger partial charge >= 0.3 is 0 Å². The van der Waals surface area contributed by atoms with Gasteiger partial charge in [0.15, 0.2) is 0 Å². The molecule has 0 aliphatic carbocycles. The minimum Gasteiger partial charge on any atom is -0.385 e. The standard InChI is InChI=1S/C13H19Cl2NO/c1-9(7-8-17-3)13(16-2)12-10(14)5-4-6-11(12)15/h4-6,9,13,16H,7-8H2,1-3H3. The number of ether oxygens (including phenoxy) is 1. The number of hydrogen-bond acceptors (Lipinski definition) is 2. The number of benzene rings is 1. The van der Waals surface area contributed by atoms with Crippen LogP contribution in [0.15, 0.2) is 18.2 Å². The van der Waals surface area contributed by atoms with Gasteiger partial charge in [0.2, 0.25) is 0 Å². The molecule has 17 heavy (non-hydrogen) atoms. The second-order valence-corrected chi connectivity index (χ2v) is 4.97. The minimum absolute atomic E-state index is 0.145. The Morgan fingerprint density at radius 2 is 1.88 bits per heavy atom. The first-order valence-corrected chi connectivity index (χ1v) is 6.47. The van der Waals surface area contributed by atoms with E-state index in [1.54, 1.807) is 7.11 Å². The fraction of sp³-hybridized carbons (Fsp3) is 0.538. The second-order valence-electron chi connectivity index (χ2n) is 4.16. The van der Waals surface area contributed by atoms with Crippen molar-refractivity contribution in [1.82, 2.24) is 5.32 Å². The molecule has 1 N–H and O–H groups in total. The third kappa shape index (κ3) is 3.85. The maximum atomic E-state index is 6.23. The van der Waals surface area contributed by atoms with Crippen LogP contribution in [0.25, 0.3) is 0 Å². The quantitative estimate of drug-likeness (QED) is 0.850. The van der Waals surface area contributed by atoms with Crippen LogP contribution in [0.2, 0.25) is 10.0 Å². The lowest BCUT2D eigenvalue weighted by atomic mass is 9.92. The van der Waals surface area contributed by atoms with Crippen LogP contribution in [0, 0.1) is 5.92 Å². The summed E-state index contributed by atoms with van der Waals surface area (Å²) in [7, 11) is 3.64. The summed E-state index contributed by atoms with van der Waals surface area (Å²) in [6.45, 7) is 2.90. The fourth-order valence-electron chi connectivity index (χ4n) is 1.99. The number of methoxy groups -OCH3 is 1. The Labute approximate surface area is 113 Å². The van der Waals surface area contributed by atoms with E-state index in [-0.39, 0.29) is 6.04 Å². The molecule has 0 spiro atoms. The van der Waals surface area contributed by atoms with Gasteiger partial charge in [0, 0.05) is 35.4 Å². The Hall–Kier alpha value is -0.280. The molecular weight excluding hydrogens is 257 g/mol. The molecule has 2 nitrogen and oxygen atoms in total. The van der Waals surface area contributed by atoms with Gasteiger partial charge in [-0.3, -0.25) is 0 Å². The predicted molar refractivity (Wildman–Crippen MR) is 73.9 cm³/mol. The molecule has 2 unspecified atom stereocenters. The van der Waals surface area contributed by atoms with Crippen LogP contribution >= 0.6 is 23.2 Å². The second kappa shape index (κ2) is 7.22. The van der Waals surface area contributed by atoms with Gasteiger partial charge in [0.05, 0.1) is 0 Å². The van der Waals surface area contributed by atoms with Gasteiger partial charge in [-0.15, -0.1) is 0 Å². The van der Waals surface area contributed by atoms with E-state index in [4.69, 9.17) is 27.9 Å². The van der Waals surface area contributed by atoms with Crippen LogP contribution in [-0.4, -0.2) is 20.8 Å². The largest absolute Gasteiger partial charge is 0.385 e. The third-order valence-corrected chi connectivity index (χ3v) is 3.63. The van der Waals surface area contributed by atoms with Gasteiger partial charge in [-0.2, -0.15) is 0 Å². The van der Waals surface area contributed by atoms with Crippen molar-refractivity contribution in [2.45, 2.75) is 19.4 Å². The van der Waals surface area contributed by atoms with Crippen molar-refractivity contribution in [3.8, 4) is 0 Å². The molecule has 0 aliphatic rings. The zero-order valence-corrected chi connectivity index (χ0v) is 12.0. The highest BCUT2D eigenvalue weighted by atomic mass is 35.5. The maximum Gasteiger partial charge on any atom is 0.0468 e. The van der Waals surface area contributed by atoms with E-state index in [0.717, 1.165) is 18.6 Å². The highest BCUT2D eigenvalue weighted by Crippen LogP contribution is 2.34. The zero-order chi connectivity index (χ0) is 12.8. The van der Waals surface area contributed by atoms with Gasteiger partial charge in [0.1, 0.15) is 0 Å². The Bertz CT molecular complexity index is 337. The topological polar surface area (TPSA) is 21.3 Å². The molecule has 2 atom stereocenters. The molecule has 1 aromatic rings. The van der Waals surface area contributed by atoms with Crippen molar-refractivity contribution in [1.29, 1.82) is 0 Å². The van der Waals surface area contributed by atoms with E-state index in [0.29, 0.717) is 16.0 Å². The number of halogens is 2. The van der Waals surface area contributed by atoms with Crippen LogP contribution in [0.1, 0.15) is 24.9 Å². The summed E-state index contributed by atoms with van der Waals surface area (Å²) in [5, 5.41) is 4.70. The Kier molecular flexibility index (Phi) is 6.28. The summed E-state index contributed by atoms with van der Waals surface area (Å²) in [5.74, 6) is 0.400. The number of rotatable bonds is 6. The van der Waals surface area contributed by atoms with E-state index in [1.807, 2.05) is 25.2 Å². The maximum absolute atomic E-state index is 6.23. The van der Waals surface area contributed by atoms with E-state index in [1.165, 1.54) is 0 Å². The van der Waals surface area contributed by atoms with Crippen molar-refractivity contribution in [3.05, 3.63) is 33.8 Å². The molecule has 0 aliphatic heterocycles. The van der Waals surface area contributed by atoms with E-state index >= 15 is 0 Å². The molecule has 0 heterocycles. The molecular formula is C13H19Cl2NO. The molecule has 0 saturated heterocycles. The monoisotopic (exact) mass is 275 g/mol. The molecule has 0 aromatic heterocycles. The molecule has 0 radical (unpaired) electrons. The molecule has 1 rings (SSSR count). The molecule has 0 fully saturated rings. The lowest BCUT2D eigenvalue weighted by molar-refractivity contribution is 0.171. The summed E-state index contributed by atoms with van der Waals surface area (Å²) in [6, 6.07) is 5.75. The Morgan fingerprint density at radius 1 is 1.29 bits per heavy atom. The summed E-state index contributed by atoms with van der Waals surface area (Å²) in [5.41, 5.74) is 0.974. The first kappa shape index (κ1) is 14.8. The zero-order valence-electron chi connectivity index (χ0n) is 10.5. The lowest BCUT2D eigenvalue weighted by Crippen LogP contribution is -2.25. The SMILES string of the molecule is CNC(c1c(Cl)cccc1Cl)C(C)CCOC. The molecule has 96 valence electrons. The average molecular weight is 276 g/mol. The van der Waals surface area contributed by atoms with Gasteiger partial charge in [-0.05, 0) is 31.5 Å². The van der Waals surface area contributed by atoms with Gasteiger partial charge in [0.25, 0.3) is 0 Å². The highest BCUT2D eigenvalue weighted by Gasteiger charge is 2.22. The van der Waals surface area contributed by atoms with Crippen LogP contribution in [0.4, 0.5) is 0 Å². The van der Waals surface area contributed by atoms with E-state index in [9.17, 15) is 0 Å². The minimum atomic E-state index is 0.145. The van der Waals surface area contributed by atoms with E-state index < -0.39 is 0 Å². The third-order valence-electron chi connectivity index (χ3n) is 2.97. The summed E-state index contributed by atoms with van der Waals surface area (Å²) in [6.07, 6.45) is 0.962. The van der Waals surface area contributed by atoms with Gasteiger partial charge in [-0.25, -0.2) is 0 Å². The van der Waals surface area contributed by atoms with Crippen molar-refractivity contribution >= 4 is 23.2 Å². The predicted octanol–water partition coefficient (Wildman–Crippen LogP) is 3.93. The molecule has 0 amide bonds. The number of hydrogen-bond donors (Lipinski definition) is 1. The highest BCUT2D eigenvalue weighted by molar-refractivity contribution is 6.36. The lowest BCUT2D eigenvalue weighted by Gasteiger charge is -2.25. The van der Waals surface area contributed by atoms with Crippen LogP contribution in [-0.2, 0) is 4.74 Å². The Morgan fingerprint density at radius 3 is 2.35 bits per heavy atom.